The van der Waals surface area contributed by atoms with Crippen LogP contribution < -0.4 is 4.74 Å². The molecule has 0 heterocycles. The summed E-state index contributed by atoms with van der Waals surface area (Å²) in [6.07, 6.45) is 6.55. The zero-order valence-electron chi connectivity index (χ0n) is 11.7. The van der Waals surface area contributed by atoms with Crippen LogP contribution in [0.15, 0.2) is 29.8 Å². The molecule has 5 heteroatoms. The van der Waals surface area contributed by atoms with Crippen molar-refractivity contribution in [3.8, 4) is 24.2 Å². The van der Waals surface area contributed by atoms with Gasteiger partial charge in [-0.1, -0.05) is 24.1 Å². The summed E-state index contributed by atoms with van der Waals surface area (Å²) in [5, 5.41) is 9.06. The lowest BCUT2D eigenvalue weighted by Crippen LogP contribution is -2.11. The minimum atomic E-state index is -0.707. The Labute approximate surface area is 123 Å². The third kappa shape index (κ3) is 5.40. The van der Waals surface area contributed by atoms with Crippen LogP contribution in [0.4, 0.5) is 0 Å². The molecule has 0 fully saturated rings. The molecule has 108 valence electrons. The Morgan fingerprint density at radius 2 is 2.14 bits per heavy atom. The molecule has 0 amide bonds. The van der Waals surface area contributed by atoms with Gasteiger partial charge in [-0.05, 0) is 12.1 Å². The highest BCUT2D eigenvalue weighted by atomic mass is 16.6. The minimum absolute atomic E-state index is 0.0869. The van der Waals surface area contributed by atoms with Crippen molar-refractivity contribution in [2.24, 2.45) is 0 Å². The zero-order chi connectivity index (χ0) is 15.5. The SMILES string of the molecule is C#CCOc1ccccc1/C=C(\C#N)C(=O)OCCOC. The fraction of sp³-hybridized carbons (Fsp3) is 0.250. The second kappa shape index (κ2) is 9.19. The second-order valence-corrected chi connectivity index (χ2v) is 3.83. The monoisotopic (exact) mass is 285 g/mol. The van der Waals surface area contributed by atoms with Crippen molar-refractivity contribution in [1.29, 1.82) is 5.26 Å². The van der Waals surface area contributed by atoms with Crippen LogP contribution in [0.2, 0.25) is 0 Å². The number of nitrogens with zero attached hydrogens (tertiary/aromatic N) is 1. The molecule has 0 saturated carbocycles. The molecule has 0 aliphatic heterocycles. The summed E-state index contributed by atoms with van der Waals surface area (Å²) in [6.45, 7) is 0.459. The normalized spacial score (nSPS) is 10.3. The highest BCUT2D eigenvalue weighted by molar-refractivity contribution is 5.98. The fourth-order valence-corrected chi connectivity index (χ4v) is 1.44. The highest BCUT2D eigenvalue weighted by Crippen LogP contribution is 2.21. The maximum absolute atomic E-state index is 11.7. The van der Waals surface area contributed by atoms with Crippen molar-refractivity contribution in [3.05, 3.63) is 35.4 Å². The Balaban J connectivity index is 2.90. The molecule has 0 atom stereocenters. The molecule has 1 aromatic rings. The molecule has 0 N–H and O–H groups in total. The summed E-state index contributed by atoms with van der Waals surface area (Å²) >= 11 is 0. The number of hydrogen-bond acceptors (Lipinski definition) is 5. The van der Waals surface area contributed by atoms with Crippen molar-refractivity contribution in [1.82, 2.24) is 0 Å². The van der Waals surface area contributed by atoms with Crippen LogP contribution in [0, 0.1) is 23.7 Å². The number of nitriles is 1. The Hall–Kier alpha value is -2.76. The van der Waals surface area contributed by atoms with Crippen molar-refractivity contribution in [2.45, 2.75) is 0 Å². The molecule has 0 aromatic heterocycles. The van der Waals surface area contributed by atoms with E-state index in [1.165, 1.54) is 13.2 Å². The Bertz CT molecular complexity index is 593. The number of benzene rings is 1. The summed E-state index contributed by atoms with van der Waals surface area (Å²) in [4.78, 5) is 11.7. The number of rotatable bonds is 7. The number of ether oxygens (including phenoxy) is 3. The third-order valence-electron chi connectivity index (χ3n) is 2.39. The number of carbonyl (C=O) groups is 1. The maximum Gasteiger partial charge on any atom is 0.348 e. The number of hydrogen-bond donors (Lipinski definition) is 0. The van der Waals surface area contributed by atoms with Gasteiger partial charge in [-0.15, -0.1) is 6.42 Å². The van der Waals surface area contributed by atoms with E-state index in [4.69, 9.17) is 25.9 Å². The Morgan fingerprint density at radius 1 is 1.38 bits per heavy atom. The van der Waals surface area contributed by atoms with Crippen LogP contribution in [0.25, 0.3) is 6.08 Å². The second-order valence-electron chi connectivity index (χ2n) is 3.83. The lowest BCUT2D eigenvalue weighted by molar-refractivity contribution is -0.139. The average Bonchev–Trinajstić information content (AvgIpc) is 2.51. The van der Waals surface area contributed by atoms with E-state index in [-0.39, 0.29) is 25.4 Å². The molecule has 5 nitrogen and oxygen atoms in total. The van der Waals surface area contributed by atoms with Crippen LogP contribution in [-0.2, 0) is 14.3 Å². The van der Waals surface area contributed by atoms with Crippen LogP contribution >= 0.6 is 0 Å². The molecular formula is C16H15NO4. The summed E-state index contributed by atoms with van der Waals surface area (Å²) in [5.41, 5.74) is 0.454. The predicted octanol–water partition coefficient (Wildman–Crippen LogP) is 1.80. The first-order valence-corrected chi connectivity index (χ1v) is 6.16. The predicted molar refractivity (Wildman–Crippen MR) is 77.2 cm³/mol. The van der Waals surface area contributed by atoms with E-state index >= 15 is 0 Å². The van der Waals surface area contributed by atoms with Gasteiger partial charge in [-0.25, -0.2) is 4.79 Å². The van der Waals surface area contributed by atoms with Gasteiger partial charge in [0.1, 0.15) is 30.6 Å². The van der Waals surface area contributed by atoms with Gasteiger partial charge in [-0.2, -0.15) is 5.26 Å². The third-order valence-corrected chi connectivity index (χ3v) is 2.39. The number of para-hydroxylation sites is 1. The van der Waals surface area contributed by atoms with Gasteiger partial charge in [0.15, 0.2) is 0 Å². The number of esters is 1. The van der Waals surface area contributed by atoms with Crippen LogP contribution in [0.1, 0.15) is 5.56 Å². The van der Waals surface area contributed by atoms with Gasteiger partial charge in [0.2, 0.25) is 0 Å². The smallest absolute Gasteiger partial charge is 0.348 e. The summed E-state index contributed by atoms with van der Waals surface area (Å²) in [5.74, 6) is 2.14. The Morgan fingerprint density at radius 3 is 2.81 bits per heavy atom. The highest BCUT2D eigenvalue weighted by Gasteiger charge is 2.12. The maximum atomic E-state index is 11.7. The van der Waals surface area contributed by atoms with Gasteiger partial charge in [0.05, 0.1) is 6.61 Å². The van der Waals surface area contributed by atoms with Gasteiger partial charge < -0.3 is 14.2 Å². The summed E-state index contributed by atoms with van der Waals surface area (Å²) < 4.78 is 15.0. The van der Waals surface area contributed by atoms with Crippen molar-refractivity contribution < 1.29 is 19.0 Å². The zero-order valence-corrected chi connectivity index (χ0v) is 11.7. The summed E-state index contributed by atoms with van der Waals surface area (Å²) in [7, 11) is 1.49. The Kier molecular flexibility index (Phi) is 7.13. The minimum Gasteiger partial charge on any atom is -0.480 e. The largest absolute Gasteiger partial charge is 0.480 e. The molecular weight excluding hydrogens is 270 g/mol. The van der Waals surface area contributed by atoms with E-state index in [1.807, 2.05) is 6.07 Å². The van der Waals surface area contributed by atoms with Gasteiger partial charge in [0.25, 0.3) is 0 Å². The average molecular weight is 285 g/mol. The molecule has 0 aliphatic carbocycles. The lowest BCUT2D eigenvalue weighted by Gasteiger charge is -2.07. The van der Waals surface area contributed by atoms with E-state index in [0.717, 1.165) is 0 Å². The van der Waals surface area contributed by atoms with Crippen molar-refractivity contribution in [3.63, 3.8) is 0 Å². The fourth-order valence-electron chi connectivity index (χ4n) is 1.44. The van der Waals surface area contributed by atoms with Gasteiger partial charge in [0, 0.05) is 12.7 Å². The molecule has 1 aromatic carbocycles. The molecule has 21 heavy (non-hydrogen) atoms. The molecule has 0 unspecified atom stereocenters. The number of methoxy groups -OCH3 is 1. The quantitative estimate of drug-likeness (QED) is 0.251. The summed E-state index contributed by atoms with van der Waals surface area (Å²) in [6, 6.07) is 8.76. The van der Waals surface area contributed by atoms with Gasteiger partial charge >= 0.3 is 5.97 Å². The first-order valence-electron chi connectivity index (χ1n) is 6.16. The topological polar surface area (TPSA) is 68.5 Å². The molecule has 0 saturated heterocycles. The van der Waals surface area contributed by atoms with Crippen LogP contribution in [0.3, 0.4) is 0 Å². The van der Waals surface area contributed by atoms with Crippen LogP contribution in [-0.4, -0.2) is 32.9 Å². The molecule has 0 spiro atoms. The number of terminal acetylenes is 1. The number of carbonyl (C=O) groups excluding carboxylic acids is 1. The first kappa shape index (κ1) is 16.3. The van der Waals surface area contributed by atoms with E-state index < -0.39 is 5.97 Å². The lowest BCUT2D eigenvalue weighted by atomic mass is 10.1. The van der Waals surface area contributed by atoms with Crippen molar-refractivity contribution >= 4 is 12.0 Å². The standard InChI is InChI=1S/C16H15NO4/c1-3-8-20-15-7-5-4-6-13(15)11-14(12-17)16(18)21-10-9-19-2/h1,4-7,11H,8-10H2,2H3/b14-11+. The molecule has 0 aliphatic rings. The van der Waals surface area contributed by atoms with Gasteiger partial charge in [-0.3, -0.25) is 0 Å². The first-order chi connectivity index (χ1) is 10.2. The van der Waals surface area contributed by atoms with E-state index in [9.17, 15) is 4.79 Å². The van der Waals surface area contributed by atoms with Crippen LogP contribution in [0.5, 0.6) is 5.75 Å². The molecule has 0 bridgehead atoms. The van der Waals surface area contributed by atoms with E-state index in [0.29, 0.717) is 11.3 Å². The van der Waals surface area contributed by atoms with E-state index in [2.05, 4.69) is 5.92 Å². The molecule has 1 rings (SSSR count). The van der Waals surface area contributed by atoms with E-state index in [1.54, 1.807) is 24.3 Å². The molecule has 0 radical (unpaired) electrons. The van der Waals surface area contributed by atoms with Crippen molar-refractivity contribution in [2.75, 3.05) is 26.9 Å².